The second kappa shape index (κ2) is 8.52. The molecule has 148 valence electrons. The average Bonchev–Trinajstić information content (AvgIpc) is 2.61. The summed E-state index contributed by atoms with van der Waals surface area (Å²) >= 11 is 0. The smallest absolute Gasteiger partial charge is 0.240 e. The van der Waals surface area contributed by atoms with E-state index in [0.717, 1.165) is 18.2 Å². The zero-order chi connectivity index (χ0) is 20.2. The molecule has 6 nitrogen and oxygen atoms in total. The number of hydrogen-bond acceptors (Lipinski definition) is 5. The van der Waals surface area contributed by atoms with E-state index >= 15 is 0 Å². The van der Waals surface area contributed by atoms with Gasteiger partial charge >= 0.3 is 0 Å². The molecule has 0 bridgehead atoms. The molecule has 0 aliphatic carbocycles. The van der Waals surface area contributed by atoms with Crippen molar-refractivity contribution in [1.29, 1.82) is 0 Å². The minimum Gasteiger partial charge on any atom is -0.301 e. The van der Waals surface area contributed by atoms with E-state index in [0.29, 0.717) is 0 Å². The maximum Gasteiger partial charge on any atom is 0.240 e. The van der Waals surface area contributed by atoms with E-state index in [1.54, 1.807) is 0 Å². The van der Waals surface area contributed by atoms with Crippen LogP contribution in [0.5, 0.6) is 0 Å². The Kier molecular flexibility index (Phi) is 6.80. The highest BCUT2D eigenvalue weighted by Crippen LogP contribution is 2.20. The summed E-state index contributed by atoms with van der Waals surface area (Å²) < 4.78 is 51.3. The first-order valence-corrected chi connectivity index (χ1v) is 12.0. The molecular weight excluding hydrogens is 384 g/mol. The fourth-order valence-corrected chi connectivity index (χ4v) is 4.54. The Morgan fingerprint density at radius 2 is 1.56 bits per heavy atom. The van der Waals surface area contributed by atoms with Crippen molar-refractivity contribution < 1.29 is 16.8 Å². The number of likely N-dealkylation sites (N-methyl/N-ethyl adjacent to an activating group) is 1. The van der Waals surface area contributed by atoms with E-state index in [1.165, 1.54) is 29.8 Å². The Morgan fingerprint density at radius 3 is 2.07 bits per heavy atom. The number of nitrogens with zero attached hydrogens (tertiary/aromatic N) is 1. The molecule has 0 heterocycles. The van der Waals surface area contributed by atoms with Crippen molar-refractivity contribution >= 4 is 19.9 Å². The molecule has 2 rings (SSSR count). The van der Waals surface area contributed by atoms with Crippen molar-refractivity contribution in [2.24, 2.45) is 0 Å². The number of nitrogens with one attached hydrogen (secondary N) is 1. The molecule has 0 spiro atoms. The minimum absolute atomic E-state index is 0.0234. The van der Waals surface area contributed by atoms with Crippen LogP contribution in [0.15, 0.2) is 58.3 Å². The maximum absolute atomic E-state index is 12.6. The Balaban J connectivity index is 2.23. The van der Waals surface area contributed by atoms with E-state index in [9.17, 15) is 16.8 Å². The van der Waals surface area contributed by atoms with Crippen molar-refractivity contribution in [1.82, 2.24) is 9.62 Å². The van der Waals surface area contributed by atoms with Crippen LogP contribution in [-0.4, -0.2) is 48.6 Å². The quantitative estimate of drug-likeness (QED) is 0.722. The topological polar surface area (TPSA) is 83.5 Å². The second-order valence-electron chi connectivity index (χ2n) is 6.67. The lowest BCUT2D eigenvalue weighted by atomic mass is 10.0. The number of sulfone groups is 1. The number of rotatable bonds is 8. The molecule has 1 atom stereocenters. The molecule has 0 aliphatic rings. The predicted octanol–water partition coefficient (Wildman–Crippen LogP) is 2.23. The number of sulfonamides is 1. The Hall–Kier alpha value is -1.74. The van der Waals surface area contributed by atoms with Gasteiger partial charge in [-0.05, 0) is 49.8 Å². The highest BCUT2D eigenvalue weighted by molar-refractivity contribution is 7.91. The van der Waals surface area contributed by atoms with Gasteiger partial charge < -0.3 is 4.90 Å². The van der Waals surface area contributed by atoms with Crippen LogP contribution in [0.4, 0.5) is 0 Å². The summed E-state index contributed by atoms with van der Waals surface area (Å²) in [5.41, 5.74) is 2.22. The molecule has 2 aromatic carbocycles. The standard InChI is InChI=1S/C19H26N2O4S2/c1-5-15-9-11-16(12-10-15)19(21(2)3)14-20-27(24,25)18-8-6-7-17(13-18)26(4,22)23/h6-13,19-20H,5,14H2,1-4H3/t19-/m0/s1. The highest BCUT2D eigenvalue weighted by atomic mass is 32.2. The zero-order valence-corrected chi connectivity index (χ0v) is 17.6. The first kappa shape index (κ1) is 21.6. The monoisotopic (exact) mass is 410 g/mol. The normalized spacial score (nSPS) is 13.7. The molecule has 0 aromatic heterocycles. The van der Waals surface area contributed by atoms with Gasteiger partial charge in [-0.3, -0.25) is 0 Å². The van der Waals surface area contributed by atoms with Crippen molar-refractivity contribution in [3.8, 4) is 0 Å². The SMILES string of the molecule is CCc1ccc([C@H](CNS(=O)(=O)c2cccc(S(C)(=O)=O)c2)N(C)C)cc1. The molecule has 2 aromatic rings. The summed E-state index contributed by atoms with van der Waals surface area (Å²) in [6, 6.07) is 13.3. The third-order valence-electron chi connectivity index (χ3n) is 4.41. The van der Waals surface area contributed by atoms with Gasteiger partial charge in [-0.15, -0.1) is 0 Å². The van der Waals surface area contributed by atoms with Gasteiger partial charge in [0, 0.05) is 18.8 Å². The molecular formula is C19H26N2O4S2. The zero-order valence-electron chi connectivity index (χ0n) is 16.0. The van der Waals surface area contributed by atoms with Crippen molar-refractivity contribution in [2.75, 3.05) is 26.9 Å². The highest BCUT2D eigenvalue weighted by Gasteiger charge is 2.21. The Labute approximate surface area is 162 Å². The van der Waals surface area contributed by atoms with Crippen LogP contribution < -0.4 is 4.72 Å². The lowest BCUT2D eigenvalue weighted by Gasteiger charge is -2.25. The summed E-state index contributed by atoms with van der Waals surface area (Å²) in [6.45, 7) is 2.25. The summed E-state index contributed by atoms with van der Waals surface area (Å²) in [5.74, 6) is 0. The van der Waals surface area contributed by atoms with Crippen LogP contribution in [0.2, 0.25) is 0 Å². The molecule has 27 heavy (non-hydrogen) atoms. The largest absolute Gasteiger partial charge is 0.301 e. The van der Waals surface area contributed by atoms with E-state index in [4.69, 9.17) is 0 Å². The van der Waals surface area contributed by atoms with Crippen molar-refractivity contribution in [2.45, 2.75) is 29.2 Å². The van der Waals surface area contributed by atoms with Gasteiger partial charge in [-0.25, -0.2) is 21.6 Å². The fourth-order valence-electron chi connectivity index (χ4n) is 2.72. The number of hydrogen-bond donors (Lipinski definition) is 1. The second-order valence-corrected chi connectivity index (χ2v) is 10.5. The van der Waals surface area contributed by atoms with E-state index in [-0.39, 0.29) is 22.4 Å². The van der Waals surface area contributed by atoms with Gasteiger partial charge in [0.2, 0.25) is 10.0 Å². The van der Waals surface area contributed by atoms with Gasteiger partial charge in [-0.2, -0.15) is 0 Å². The van der Waals surface area contributed by atoms with Crippen LogP contribution in [0.25, 0.3) is 0 Å². The molecule has 0 amide bonds. The van der Waals surface area contributed by atoms with Crippen LogP contribution in [0, 0.1) is 0 Å². The third-order valence-corrected chi connectivity index (χ3v) is 6.94. The lowest BCUT2D eigenvalue weighted by molar-refractivity contribution is 0.299. The number of aryl methyl sites for hydroxylation is 1. The van der Waals surface area contributed by atoms with E-state index in [2.05, 4.69) is 11.6 Å². The molecule has 0 aliphatic heterocycles. The van der Waals surface area contributed by atoms with Crippen LogP contribution in [0.3, 0.4) is 0 Å². The van der Waals surface area contributed by atoms with E-state index in [1.807, 2.05) is 43.3 Å². The molecule has 1 N–H and O–H groups in total. The molecule has 8 heteroatoms. The van der Waals surface area contributed by atoms with Gasteiger partial charge in [0.1, 0.15) is 0 Å². The summed E-state index contributed by atoms with van der Waals surface area (Å²) in [4.78, 5) is 1.85. The lowest BCUT2D eigenvalue weighted by Crippen LogP contribution is -2.34. The first-order chi connectivity index (χ1) is 12.5. The maximum atomic E-state index is 12.6. The summed E-state index contributed by atoms with van der Waals surface area (Å²) in [7, 11) is -3.54. The Morgan fingerprint density at radius 1 is 0.963 bits per heavy atom. The van der Waals surface area contributed by atoms with Crippen LogP contribution >= 0.6 is 0 Å². The van der Waals surface area contributed by atoms with E-state index < -0.39 is 19.9 Å². The minimum atomic E-state index is -3.83. The van der Waals surface area contributed by atoms with Gasteiger partial charge in [0.25, 0.3) is 0 Å². The fraction of sp³-hybridized carbons (Fsp3) is 0.368. The predicted molar refractivity (Wildman–Crippen MR) is 107 cm³/mol. The number of benzene rings is 2. The third kappa shape index (κ3) is 5.62. The summed E-state index contributed by atoms with van der Waals surface area (Å²) in [6.07, 6.45) is 1.99. The van der Waals surface area contributed by atoms with Gasteiger partial charge in [-0.1, -0.05) is 37.3 Å². The average molecular weight is 411 g/mol. The van der Waals surface area contributed by atoms with Crippen LogP contribution in [0.1, 0.15) is 24.1 Å². The Bertz CT molecular complexity index is 983. The first-order valence-electron chi connectivity index (χ1n) is 8.59. The molecule has 0 saturated heterocycles. The molecule has 0 radical (unpaired) electrons. The molecule has 0 unspecified atom stereocenters. The van der Waals surface area contributed by atoms with Crippen LogP contribution in [-0.2, 0) is 26.3 Å². The van der Waals surface area contributed by atoms with Crippen molar-refractivity contribution in [3.05, 3.63) is 59.7 Å². The molecule has 0 fully saturated rings. The van der Waals surface area contributed by atoms with Gasteiger partial charge in [0.05, 0.1) is 9.79 Å². The molecule has 0 saturated carbocycles. The van der Waals surface area contributed by atoms with Gasteiger partial charge in [0.15, 0.2) is 9.84 Å². The summed E-state index contributed by atoms with van der Waals surface area (Å²) in [5, 5.41) is 0. The van der Waals surface area contributed by atoms with Crippen molar-refractivity contribution in [3.63, 3.8) is 0 Å².